The van der Waals surface area contributed by atoms with Crippen molar-refractivity contribution in [1.29, 1.82) is 0 Å². The highest BCUT2D eigenvalue weighted by molar-refractivity contribution is 6.05. The van der Waals surface area contributed by atoms with E-state index in [2.05, 4.69) is 13.0 Å². The van der Waals surface area contributed by atoms with Gasteiger partial charge >= 0.3 is 5.97 Å². The molecule has 0 N–H and O–H groups in total. The van der Waals surface area contributed by atoms with E-state index in [-0.39, 0.29) is 11.7 Å². The molecule has 1 atom stereocenters. The summed E-state index contributed by atoms with van der Waals surface area (Å²) in [5, 5.41) is 0. The highest BCUT2D eigenvalue weighted by atomic mass is 16.6. The summed E-state index contributed by atoms with van der Waals surface area (Å²) < 4.78 is 16.2. The molecule has 30 heavy (non-hydrogen) atoms. The normalized spacial score (nSPS) is 20.2. The van der Waals surface area contributed by atoms with Gasteiger partial charge in [-0.2, -0.15) is 0 Å². The molecule has 1 aromatic heterocycles. The van der Waals surface area contributed by atoms with E-state index in [1.807, 2.05) is 6.08 Å². The van der Waals surface area contributed by atoms with Crippen LogP contribution in [0.2, 0.25) is 0 Å². The second-order valence-corrected chi connectivity index (χ2v) is 8.25. The average molecular weight is 410 g/mol. The number of furan rings is 1. The van der Waals surface area contributed by atoms with Crippen molar-refractivity contribution in [3.05, 3.63) is 52.6 Å². The van der Waals surface area contributed by atoms with E-state index in [1.54, 1.807) is 12.1 Å². The third kappa shape index (κ3) is 4.30. The molecule has 2 heterocycles. The van der Waals surface area contributed by atoms with Crippen molar-refractivity contribution in [1.82, 2.24) is 0 Å². The SMILES string of the molecule is CCCCCCCC1C=CC(Oc2ccc(C(=O)OC)o2)=C2N=C3CCCCC3=C21. The molecule has 5 heteroatoms. The monoisotopic (exact) mass is 409 g/mol. The van der Waals surface area contributed by atoms with Crippen LogP contribution in [0.3, 0.4) is 0 Å². The molecule has 0 aromatic carbocycles. The number of allylic oxidation sites excluding steroid dienone is 4. The number of unbranched alkanes of at least 4 members (excludes halogenated alkanes) is 4. The first-order chi connectivity index (χ1) is 14.7. The van der Waals surface area contributed by atoms with E-state index in [4.69, 9.17) is 18.9 Å². The molecule has 0 spiro atoms. The maximum Gasteiger partial charge on any atom is 0.374 e. The highest BCUT2D eigenvalue weighted by Gasteiger charge is 2.34. The van der Waals surface area contributed by atoms with Crippen molar-refractivity contribution in [3.63, 3.8) is 0 Å². The Bertz CT molecular complexity index is 915. The van der Waals surface area contributed by atoms with Gasteiger partial charge in [0.05, 0.1) is 7.11 Å². The predicted molar refractivity (Wildman–Crippen MR) is 117 cm³/mol. The Morgan fingerprint density at radius 2 is 2.00 bits per heavy atom. The van der Waals surface area contributed by atoms with Gasteiger partial charge in [-0.15, -0.1) is 0 Å². The van der Waals surface area contributed by atoms with Crippen molar-refractivity contribution in [2.45, 2.75) is 71.1 Å². The summed E-state index contributed by atoms with van der Waals surface area (Å²) in [6.07, 6.45) is 16.5. The highest BCUT2D eigenvalue weighted by Crippen LogP contribution is 2.44. The van der Waals surface area contributed by atoms with E-state index < -0.39 is 5.97 Å². The summed E-state index contributed by atoms with van der Waals surface area (Å²) in [4.78, 5) is 16.6. The first-order valence-corrected chi connectivity index (χ1v) is 11.3. The average Bonchev–Trinajstić information content (AvgIpc) is 3.39. The predicted octanol–water partition coefficient (Wildman–Crippen LogP) is 6.53. The van der Waals surface area contributed by atoms with Crippen LogP contribution in [0.1, 0.15) is 81.7 Å². The largest absolute Gasteiger partial charge is 0.463 e. The zero-order chi connectivity index (χ0) is 20.9. The van der Waals surface area contributed by atoms with E-state index in [0.717, 1.165) is 25.0 Å². The smallest absolute Gasteiger partial charge is 0.374 e. The standard InChI is InChI=1S/C25H31NO4/c1-3-4-5-6-7-10-17-13-14-20(29-22-16-15-21(30-22)25(27)28-2)24-23(17)18-11-8-9-12-19(18)26-24/h13-17H,3-12H2,1-2H3. The summed E-state index contributed by atoms with van der Waals surface area (Å²) in [5.41, 5.74) is 4.99. The first-order valence-electron chi connectivity index (χ1n) is 11.3. The molecule has 1 fully saturated rings. The molecule has 3 aliphatic rings. The summed E-state index contributed by atoms with van der Waals surface area (Å²) in [7, 11) is 1.33. The second kappa shape index (κ2) is 9.50. The van der Waals surface area contributed by atoms with Crippen LogP contribution in [0.4, 0.5) is 0 Å². The molecule has 0 amide bonds. The summed E-state index contributed by atoms with van der Waals surface area (Å²) in [5.74, 6) is 1.01. The fourth-order valence-electron chi connectivity index (χ4n) is 4.59. The van der Waals surface area contributed by atoms with Crippen LogP contribution < -0.4 is 4.74 Å². The molecule has 0 radical (unpaired) electrons. The minimum atomic E-state index is -0.514. The van der Waals surface area contributed by atoms with Gasteiger partial charge in [-0.3, -0.25) is 0 Å². The Labute approximate surface area is 178 Å². The zero-order valence-corrected chi connectivity index (χ0v) is 18.0. The molecule has 1 aromatic rings. The van der Waals surface area contributed by atoms with Crippen molar-refractivity contribution >= 4 is 11.7 Å². The van der Waals surface area contributed by atoms with Gasteiger partial charge in [-0.1, -0.05) is 45.1 Å². The summed E-state index contributed by atoms with van der Waals surface area (Å²) >= 11 is 0. The van der Waals surface area contributed by atoms with Gasteiger partial charge in [-0.05, 0) is 55.4 Å². The fourth-order valence-corrected chi connectivity index (χ4v) is 4.59. The van der Waals surface area contributed by atoms with Crippen LogP contribution in [-0.4, -0.2) is 18.8 Å². The number of nitrogens with zero attached hydrogens (tertiary/aromatic N) is 1. The molecule has 5 nitrogen and oxygen atoms in total. The molecule has 1 unspecified atom stereocenters. The number of hydrogen-bond donors (Lipinski definition) is 0. The van der Waals surface area contributed by atoms with Gasteiger partial charge in [0.1, 0.15) is 5.70 Å². The summed E-state index contributed by atoms with van der Waals surface area (Å²) in [6, 6.07) is 3.22. The van der Waals surface area contributed by atoms with Crippen LogP contribution in [0.5, 0.6) is 5.95 Å². The lowest BCUT2D eigenvalue weighted by atomic mass is 9.81. The molecular weight excluding hydrogens is 378 g/mol. The van der Waals surface area contributed by atoms with Crippen LogP contribution >= 0.6 is 0 Å². The van der Waals surface area contributed by atoms with Gasteiger partial charge in [0.2, 0.25) is 5.76 Å². The fraction of sp³-hybridized carbons (Fsp3) is 0.520. The molecule has 0 saturated heterocycles. The van der Waals surface area contributed by atoms with Gasteiger partial charge in [0, 0.05) is 17.7 Å². The molecule has 0 bridgehead atoms. The van der Waals surface area contributed by atoms with Crippen molar-refractivity contribution in [2.75, 3.05) is 7.11 Å². The Morgan fingerprint density at radius 1 is 1.17 bits per heavy atom. The van der Waals surface area contributed by atoms with E-state index in [9.17, 15) is 4.79 Å². The van der Waals surface area contributed by atoms with Crippen LogP contribution in [-0.2, 0) is 4.74 Å². The van der Waals surface area contributed by atoms with Gasteiger partial charge in [-0.25, -0.2) is 9.79 Å². The van der Waals surface area contributed by atoms with Crippen LogP contribution in [0, 0.1) is 5.92 Å². The Balaban J connectivity index is 1.55. The minimum Gasteiger partial charge on any atom is -0.463 e. The lowest BCUT2D eigenvalue weighted by Gasteiger charge is -2.23. The molecule has 4 rings (SSSR count). The first kappa shape index (κ1) is 20.7. The quantitative estimate of drug-likeness (QED) is 0.344. The zero-order valence-electron chi connectivity index (χ0n) is 18.0. The third-order valence-corrected chi connectivity index (χ3v) is 6.15. The number of ether oxygens (including phenoxy) is 2. The van der Waals surface area contributed by atoms with Gasteiger partial charge in [0.25, 0.3) is 5.95 Å². The molecule has 1 aliphatic heterocycles. The Morgan fingerprint density at radius 3 is 2.83 bits per heavy atom. The lowest BCUT2D eigenvalue weighted by molar-refractivity contribution is 0.0559. The molecule has 1 saturated carbocycles. The van der Waals surface area contributed by atoms with Crippen molar-refractivity contribution < 1.29 is 18.7 Å². The lowest BCUT2D eigenvalue weighted by Crippen LogP contribution is -2.13. The maximum absolute atomic E-state index is 11.7. The Hall–Kier alpha value is -2.56. The topological polar surface area (TPSA) is 61.0 Å². The number of esters is 1. The summed E-state index contributed by atoms with van der Waals surface area (Å²) in [6.45, 7) is 2.25. The van der Waals surface area contributed by atoms with Crippen molar-refractivity contribution in [2.24, 2.45) is 10.9 Å². The van der Waals surface area contributed by atoms with E-state index in [0.29, 0.717) is 11.7 Å². The molecule has 2 aliphatic carbocycles. The van der Waals surface area contributed by atoms with Crippen LogP contribution in [0.25, 0.3) is 0 Å². The number of carbonyl (C=O) groups excluding carboxylic acids is 1. The number of aliphatic imine (C=N–C) groups is 1. The van der Waals surface area contributed by atoms with Gasteiger partial charge in [0.15, 0.2) is 5.76 Å². The number of rotatable bonds is 9. The van der Waals surface area contributed by atoms with Crippen molar-refractivity contribution in [3.8, 4) is 5.95 Å². The minimum absolute atomic E-state index is 0.132. The Kier molecular flexibility index (Phi) is 6.56. The van der Waals surface area contributed by atoms with Gasteiger partial charge < -0.3 is 13.9 Å². The number of carbonyl (C=O) groups is 1. The molecular formula is C25H31NO4. The van der Waals surface area contributed by atoms with Crippen LogP contribution in [0.15, 0.2) is 56.3 Å². The number of methoxy groups -OCH3 is 1. The second-order valence-electron chi connectivity index (χ2n) is 8.25. The van der Waals surface area contributed by atoms with E-state index in [1.165, 1.54) is 68.9 Å². The number of hydrogen-bond acceptors (Lipinski definition) is 5. The maximum atomic E-state index is 11.7. The van der Waals surface area contributed by atoms with E-state index >= 15 is 0 Å². The number of fused-ring (bicyclic) bond motifs is 2. The third-order valence-electron chi connectivity index (χ3n) is 6.15. The molecule has 160 valence electrons.